The molecule has 2 fully saturated rings. The van der Waals surface area contributed by atoms with Gasteiger partial charge in [0.1, 0.15) is 0 Å². The van der Waals surface area contributed by atoms with Crippen LogP contribution in [-0.2, 0) is 9.53 Å². The van der Waals surface area contributed by atoms with Gasteiger partial charge in [-0.3, -0.25) is 4.79 Å². The van der Waals surface area contributed by atoms with Crippen LogP contribution in [0.3, 0.4) is 0 Å². The van der Waals surface area contributed by atoms with E-state index in [0.717, 1.165) is 0 Å². The van der Waals surface area contributed by atoms with Crippen molar-refractivity contribution in [2.45, 2.75) is 38.8 Å². The van der Waals surface area contributed by atoms with E-state index in [1.807, 2.05) is 20.8 Å². The molecule has 0 unspecified atom stereocenters. The summed E-state index contributed by atoms with van der Waals surface area (Å²) in [7, 11) is 0. The number of piperidine rings is 1. The summed E-state index contributed by atoms with van der Waals surface area (Å²) in [5.41, 5.74) is -0.112. The number of carboxylic acid groups (broad SMARTS) is 1. The highest BCUT2D eigenvalue weighted by Crippen LogP contribution is 2.22. The molecule has 2 aliphatic rings. The lowest BCUT2D eigenvalue weighted by Crippen LogP contribution is -2.58. The summed E-state index contributed by atoms with van der Waals surface area (Å²) >= 11 is 0. The van der Waals surface area contributed by atoms with E-state index in [-0.39, 0.29) is 30.0 Å². The van der Waals surface area contributed by atoms with E-state index in [1.165, 1.54) is 4.90 Å². The van der Waals surface area contributed by atoms with Crippen molar-refractivity contribution in [1.82, 2.24) is 15.1 Å². The molecule has 0 bridgehead atoms. The molecule has 0 aromatic heterocycles. The normalized spacial score (nSPS) is 26.9. The lowest BCUT2D eigenvalue weighted by molar-refractivity contribution is -0.141. The van der Waals surface area contributed by atoms with E-state index >= 15 is 0 Å². The van der Waals surface area contributed by atoms with Crippen molar-refractivity contribution < 1.29 is 19.4 Å². The standard InChI is InChI=1S/C15H27N3O4/c1-15(2,3)16-12-8-11(9-18(10-12)14(20)21)13(19)17-4-6-22-7-5-17/h11-12,16H,4-10H2,1-3H3,(H,20,21)/t11-,12+/m1/s1. The quantitative estimate of drug-likeness (QED) is 0.780. The van der Waals surface area contributed by atoms with Crippen LogP contribution >= 0.6 is 0 Å². The average molecular weight is 313 g/mol. The van der Waals surface area contributed by atoms with E-state index in [9.17, 15) is 14.7 Å². The summed E-state index contributed by atoms with van der Waals surface area (Å²) in [6.45, 7) is 9.17. The Balaban J connectivity index is 2.04. The van der Waals surface area contributed by atoms with Crippen molar-refractivity contribution in [2.24, 2.45) is 5.92 Å². The van der Waals surface area contributed by atoms with Gasteiger partial charge in [-0.2, -0.15) is 0 Å². The minimum Gasteiger partial charge on any atom is -0.465 e. The van der Waals surface area contributed by atoms with Gasteiger partial charge in [0.15, 0.2) is 0 Å². The predicted molar refractivity (Wildman–Crippen MR) is 81.8 cm³/mol. The molecule has 0 saturated carbocycles. The number of hydrogen-bond acceptors (Lipinski definition) is 4. The van der Waals surface area contributed by atoms with Crippen LogP contribution in [0.2, 0.25) is 0 Å². The van der Waals surface area contributed by atoms with Gasteiger partial charge < -0.3 is 25.0 Å². The number of morpholine rings is 1. The largest absolute Gasteiger partial charge is 0.465 e. The molecule has 2 atom stereocenters. The molecule has 2 amide bonds. The zero-order valence-corrected chi connectivity index (χ0v) is 13.7. The Morgan fingerprint density at radius 1 is 1.14 bits per heavy atom. The zero-order chi connectivity index (χ0) is 16.3. The number of nitrogens with zero attached hydrogens (tertiary/aromatic N) is 2. The van der Waals surface area contributed by atoms with Crippen LogP contribution in [0.25, 0.3) is 0 Å². The lowest BCUT2D eigenvalue weighted by atomic mass is 9.91. The molecular weight excluding hydrogens is 286 g/mol. The third-order valence-corrected chi connectivity index (χ3v) is 4.03. The molecule has 2 aliphatic heterocycles. The number of likely N-dealkylation sites (tertiary alicyclic amines) is 1. The molecule has 0 aromatic rings. The summed E-state index contributed by atoms with van der Waals surface area (Å²) in [5.74, 6) is -0.224. The predicted octanol–water partition coefficient (Wildman–Crippen LogP) is 0.602. The van der Waals surface area contributed by atoms with Crippen molar-refractivity contribution >= 4 is 12.0 Å². The SMILES string of the molecule is CC(C)(C)N[C@H]1C[C@@H](C(=O)N2CCOCC2)CN(C(=O)O)C1. The Hall–Kier alpha value is -1.34. The highest BCUT2D eigenvalue weighted by atomic mass is 16.5. The molecular formula is C15H27N3O4. The van der Waals surface area contributed by atoms with Crippen molar-refractivity contribution in [2.75, 3.05) is 39.4 Å². The minimum absolute atomic E-state index is 0.000148. The molecule has 0 aliphatic carbocycles. The van der Waals surface area contributed by atoms with Crippen LogP contribution in [-0.4, -0.2) is 77.9 Å². The summed E-state index contributed by atoms with van der Waals surface area (Å²) in [4.78, 5) is 27.2. The molecule has 2 heterocycles. The van der Waals surface area contributed by atoms with Gasteiger partial charge in [0.2, 0.25) is 5.91 Å². The molecule has 126 valence electrons. The molecule has 7 heteroatoms. The molecule has 7 nitrogen and oxygen atoms in total. The van der Waals surface area contributed by atoms with E-state index in [4.69, 9.17) is 4.74 Å². The molecule has 2 N–H and O–H groups in total. The van der Waals surface area contributed by atoms with Crippen LogP contribution in [0.5, 0.6) is 0 Å². The second-order valence-electron chi connectivity index (χ2n) is 7.15. The van der Waals surface area contributed by atoms with Crippen LogP contribution in [0.15, 0.2) is 0 Å². The summed E-state index contributed by atoms with van der Waals surface area (Å²) in [6, 6.07) is -0.000148. The molecule has 2 saturated heterocycles. The monoisotopic (exact) mass is 313 g/mol. The first-order valence-electron chi connectivity index (χ1n) is 7.88. The highest BCUT2D eigenvalue weighted by molar-refractivity contribution is 5.80. The third kappa shape index (κ3) is 4.58. The maximum absolute atomic E-state index is 12.7. The van der Waals surface area contributed by atoms with Crippen molar-refractivity contribution in [3.8, 4) is 0 Å². The second-order valence-corrected chi connectivity index (χ2v) is 7.15. The fourth-order valence-electron chi connectivity index (χ4n) is 3.19. The first-order valence-corrected chi connectivity index (χ1v) is 7.88. The second kappa shape index (κ2) is 6.83. The molecule has 0 aromatic carbocycles. The average Bonchev–Trinajstić information content (AvgIpc) is 2.45. The number of rotatable bonds is 2. The van der Waals surface area contributed by atoms with Crippen LogP contribution in [0.4, 0.5) is 4.79 Å². The first kappa shape index (κ1) is 17.0. The van der Waals surface area contributed by atoms with Crippen LogP contribution < -0.4 is 5.32 Å². The Morgan fingerprint density at radius 2 is 1.77 bits per heavy atom. The smallest absolute Gasteiger partial charge is 0.407 e. The molecule has 2 rings (SSSR count). The fourth-order valence-corrected chi connectivity index (χ4v) is 3.19. The molecule has 22 heavy (non-hydrogen) atoms. The minimum atomic E-state index is -0.958. The Kier molecular flexibility index (Phi) is 5.28. The van der Waals surface area contributed by atoms with Gasteiger partial charge in [0.05, 0.1) is 19.1 Å². The zero-order valence-electron chi connectivity index (χ0n) is 13.7. The van der Waals surface area contributed by atoms with E-state index < -0.39 is 6.09 Å². The van der Waals surface area contributed by atoms with E-state index in [2.05, 4.69) is 5.32 Å². The Bertz CT molecular complexity index is 416. The highest BCUT2D eigenvalue weighted by Gasteiger charge is 2.37. The number of hydrogen-bond donors (Lipinski definition) is 2. The van der Waals surface area contributed by atoms with Crippen LogP contribution in [0, 0.1) is 5.92 Å². The van der Waals surface area contributed by atoms with Gasteiger partial charge in [-0.15, -0.1) is 0 Å². The molecule has 0 spiro atoms. The Morgan fingerprint density at radius 3 is 2.32 bits per heavy atom. The van der Waals surface area contributed by atoms with Crippen molar-refractivity contribution in [1.29, 1.82) is 0 Å². The number of carbonyl (C=O) groups excluding carboxylic acids is 1. The number of ether oxygens (including phenoxy) is 1. The van der Waals surface area contributed by atoms with Crippen molar-refractivity contribution in [3.05, 3.63) is 0 Å². The maximum Gasteiger partial charge on any atom is 0.407 e. The molecule has 0 radical (unpaired) electrons. The topological polar surface area (TPSA) is 82.1 Å². The van der Waals surface area contributed by atoms with Gasteiger partial charge in [-0.05, 0) is 27.2 Å². The number of amides is 2. The van der Waals surface area contributed by atoms with E-state index in [1.54, 1.807) is 4.90 Å². The summed E-state index contributed by atoms with van der Waals surface area (Å²) in [6.07, 6.45) is -0.280. The third-order valence-electron chi connectivity index (χ3n) is 4.03. The van der Waals surface area contributed by atoms with Crippen LogP contribution in [0.1, 0.15) is 27.2 Å². The first-order chi connectivity index (χ1) is 10.3. The number of nitrogens with one attached hydrogen (secondary N) is 1. The van der Waals surface area contributed by atoms with Gasteiger partial charge in [-0.1, -0.05) is 0 Å². The maximum atomic E-state index is 12.7. The van der Waals surface area contributed by atoms with Gasteiger partial charge in [0, 0.05) is 37.8 Å². The van der Waals surface area contributed by atoms with Gasteiger partial charge in [-0.25, -0.2) is 4.79 Å². The van der Waals surface area contributed by atoms with Crippen molar-refractivity contribution in [3.63, 3.8) is 0 Å². The summed E-state index contributed by atoms with van der Waals surface area (Å²) in [5, 5.41) is 12.7. The number of carbonyl (C=O) groups is 2. The Labute approximate surface area is 131 Å². The summed E-state index contributed by atoms with van der Waals surface area (Å²) < 4.78 is 5.27. The fraction of sp³-hybridized carbons (Fsp3) is 0.867. The van der Waals surface area contributed by atoms with Gasteiger partial charge >= 0.3 is 6.09 Å². The van der Waals surface area contributed by atoms with E-state index in [0.29, 0.717) is 39.3 Å². The van der Waals surface area contributed by atoms with Gasteiger partial charge in [0.25, 0.3) is 0 Å². The lowest BCUT2D eigenvalue weighted by Gasteiger charge is -2.41.